The van der Waals surface area contributed by atoms with Gasteiger partial charge in [0.15, 0.2) is 0 Å². The minimum atomic E-state index is -0.843. The van der Waals surface area contributed by atoms with E-state index >= 15 is 0 Å². The summed E-state index contributed by atoms with van der Waals surface area (Å²) in [6.07, 6.45) is 1.82. The van der Waals surface area contributed by atoms with E-state index in [0.717, 1.165) is 17.8 Å². The van der Waals surface area contributed by atoms with E-state index in [1.165, 1.54) is 11.3 Å². The Morgan fingerprint density at radius 1 is 1.32 bits per heavy atom. The van der Waals surface area contributed by atoms with Crippen LogP contribution in [-0.2, 0) is 11.2 Å². The molecule has 116 valence electrons. The fraction of sp³-hybridized carbons (Fsp3) is 0.312. The van der Waals surface area contributed by atoms with Gasteiger partial charge >= 0.3 is 0 Å². The average Bonchev–Trinajstić information content (AvgIpc) is 2.86. The van der Waals surface area contributed by atoms with Crippen molar-refractivity contribution in [2.45, 2.75) is 32.7 Å². The highest BCUT2D eigenvalue weighted by atomic mass is 32.1. The maximum atomic E-state index is 12.4. The summed E-state index contributed by atoms with van der Waals surface area (Å²) in [5, 5.41) is 3.63. The first-order valence-electron chi connectivity index (χ1n) is 7.14. The predicted molar refractivity (Wildman–Crippen MR) is 86.7 cm³/mol. The molecule has 1 atom stereocenters. The fourth-order valence-corrected chi connectivity index (χ4v) is 3.21. The molecule has 1 heterocycles. The molecular formula is C16H19N3O2S. The Hall–Kier alpha value is -2.21. The molecule has 0 fully saturated rings. The van der Waals surface area contributed by atoms with Crippen LogP contribution in [0, 0.1) is 6.92 Å². The second-order valence-corrected chi connectivity index (χ2v) is 6.08. The molecule has 2 rings (SSSR count). The van der Waals surface area contributed by atoms with Gasteiger partial charge in [0, 0.05) is 0 Å². The van der Waals surface area contributed by atoms with E-state index in [2.05, 4.69) is 17.2 Å². The molecule has 22 heavy (non-hydrogen) atoms. The number of nitrogens with two attached hydrogens (primary N) is 1. The normalized spacial score (nSPS) is 11.9. The topological polar surface area (TPSA) is 85.1 Å². The smallest absolute Gasteiger partial charge is 0.264 e. The van der Waals surface area contributed by atoms with Gasteiger partial charge in [0.1, 0.15) is 10.9 Å². The summed E-state index contributed by atoms with van der Waals surface area (Å²) in [7, 11) is 0. The molecule has 5 nitrogen and oxygen atoms in total. The SMILES string of the molecule is CCCc1nc(C)c(C(=O)NC(C(N)=O)c2ccccc2)s1. The summed E-state index contributed by atoms with van der Waals surface area (Å²) in [6.45, 7) is 3.86. The van der Waals surface area contributed by atoms with Crippen LogP contribution in [0.1, 0.15) is 45.3 Å². The van der Waals surface area contributed by atoms with Crippen molar-refractivity contribution in [2.75, 3.05) is 0 Å². The highest BCUT2D eigenvalue weighted by molar-refractivity contribution is 7.13. The van der Waals surface area contributed by atoms with Crippen LogP contribution in [0.2, 0.25) is 0 Å². The molecule has 2 aromatic rings. The second-order valence-electron chi connectivity index (χ2n) is 4.99. The highest BCUT2D eigenvalue weighted by Gasteiger charge is 2.23. The summed E-state index contributed by atoms with van der Waals surface area (Å²) in [5.41, 5.74) is 6.77. The second kappa shape index (κ2) is 7.17. The molecule has 1 unspecified atom stereocenters. The lowest BCUT2D eigenvalue weighted by atomic mass is 10.1. The number of thiazole rings is 1. The average molecular weight is 317 g/mol. The van der Waals surface area contributed by atoms with E-state index in [-0.39, 0.29) is 5.91 Å². The molecule has 3 N–H and O–H groups in total. The van der Waals surface area contributed by atoms with Crippen LogP contribution >= 0.6 is 11.3 Å². The maximum absolute atomic E-state index is 12.4. The molecule has 0 radical (unpaired) electrons. The standard InChI is InChI=1S/C16H19N3O2S/c1-3-7-12-18-10(2)14(22-12)16(21)19-13(15(17)20)11-8-5-4-6-9-11/h4-6,8-9,13H,3,7H2,1-2H3,(H2,17,20)(H,19,21). The van der Waals surface area contributed by atoms with Crippen LogP contribution in [0.5, 0.6) is 0 Å². The van der Waals surface area contributed by atoms with Crippen molar-refractivity contribution in [1.82, 2.24) is 10.3 Å². The number of aromatic nitrogens is 1. The van der Waals surface area contributed by atoms with Gasteiger partial charge in [-0.05, 0) is 25.3 Å². The zero-order valence-corrected chi connectivity index (χ0v) is 13.4. The lowest BCUT2D eigenvalue weighted by Crippen LogP contribution is -2.37. The Morgan fingerprint density at radius 2 is 2.00 bits per heavy atom. The van der Waals surface area contributed by atoms with Crippen LogP contribution in [0.4, 0.5) is 0 Å². The summed E-state index contributed by atoms with van der Waals surface area (Å²) in [5.74, 6) is -0.902. The molecule has 1 aromatic heterocycles. The Bertz CT molecular complexity index is 667. The summed E-state index contributed by atoms with van der Waals surface area (Å²) < 4.78 is 0. The van der Waals surface area contributed by atoms with Crippen molar-refractivity contribution in [3.8, 4) is 0 Å². The van der Waals surface area contributed by atoms with Gasteiger partial charge in [-0.2, -0.15) is 0 Å². The van der Waals surface area contributed by atoms with Crippen molar-refractivity contribution < 1.29 is 9.59 Å². The van der Waals surface area contributed by atoms with Crippen molar-refractivity contribution >= 4 is 23.2 Å². The summed E-state index contributed by atoms with van der Waals surface area (Å²) in [4.78, 5) is 29.0. The molecule has 0 saturated heterocycles. The number of carbonyl (C=O) groups is 2. The molecule has 0 aliphatic heterocycles. The van der Waals surface area contributed by atoms with E-state index in [9.17, 15) is 9.59 Å². The molecule has 2 amide bonds. The van der Waals surface area contributed by atoms with Crippen LogP contribution in [0.15, 0.2) is 30.3 Å². The van der Waals surface area contributed by atoms with E-state index in [1.54, 1.807) is 31.2 Å². The number of carbonyl (C=O) groups excluding carboxylic acids is 2. The van der Waals surface area contributed by atoms with Gasteiger partial charge in [0.2, 0.25) is 5.91 Å². The van der Waals surface area contributed by atoms with Gasteiger partial charge in [0.25, 0.3) is 5.91 Å². The quantitative estimate of drug-likeness (QED) is 0.857. The van der Waals surface area contributed by atoms with Gasteiger partial charge in [-0.1, -0.05) is 37.3 Å². The van der Waals surface area contributed by atoms with Crippen molar-refractivity contribution in [3.05, 3.63) is 51.5 Å². The monoisotopic (exact) mass is 317 g/mol. The third kappa shape index (κ3) is 3.71. The zero-order valence-electron chi connectivity index (χ0n) is 12.6. The van der Waals surface area contributed by atoms with Crippen LogP contribution in [0.3, 0.4) is 0 Å². The molecule has 0 aliphatic carbocycles. The van der Waals surface area contributed by atoms with Crippen LogP contribution in [0.25, 0.3) is 0 Å². The van der Waals surface area contributed by atoms with Crippen LogP contribution in [-0.4, -0.2) is 16.8 Å². The summed E-state index contributed by atoms with van der Waals surface area (Å²) in [6, 6.07) is 8.12. The Balaban J connectivity index is 2.20. The van der Waals surface area contributed by atoms with E-state index in [0.29, 0.717) is 16.1 Å². The largest absolute Gasteiger partial charge is 0.368 e. The molecule has 0 bridgehead atoms. The molecule has 1 aromatic carbocycles. The first kappa shape index (κ1) is 16.2. The lowest BCUT2D eigenvalue weighted by molar-refractivity contribution is -0.120. The molecule has 0 saturated carbocycles. The number of hydrogen-bond donors (Lipinski definition) is 2. The van der Waals surface area contributed by atoms with Crippen molar-refractivity contribution in [3.63, 3.8) is 0 Å². The highest BCUT2D eigenvalue weighted by Crippen LogP contribution is 2.21. The minimum Gasteiger partial charge on any atom is -0.368 e. The zero-order chi connectivity index (χ0) is 16.1. The lowest BCUT2D eigenvalue weighted by Gasteiger charge is -2.15. The minimum absolute atomic E-state index is 0.315. The number of nitrogens with zero attached hydrogens (tertiary/aromatic N) is 1. The van der Waals surface area contributed by atoms with Gasteiger partial charge in [-0.3, -0.25) is 9.59 Å². The maximum Gasteiger partial charge on any atom is 0.264 e. The number of nitrogens with one attached hydrogen (secondary N) is 1. The third-order valence-electron chi connectivity index (χ3n) is 3.20. The molecule has 0 aliphatic rings. The van der Waals surface area contributed by atoms with Gasteiger partial charge in [-0.15, -0.1) is 11.3 Å². The predicted octanol–water partition coefficient (Wildman–Crippen LogP) is 2.36. The Kier molecular flexibility index (Phi) is 5.27. The number of primary amides is 1. The first-order valence-corrected chi connectivity index (χ1v) is 7.96. The van der Waals surface area contributed by atoms with Gasteiger partial charge in [-0.25, -0.2) is 4.98 Å². The fourth-order valence-electron chi connectivity index (χ4n) is 2.14. The summed E-state index contributed by atoms with van der Waals surface area (Å²) >= 11 is 1.37. The van der Waals surface area contributed by atoms with E-state index < -0.39 is 11.9 Å². The third-order valence-corrected chi connectivity index (χ3v) is 4.42. The van der Waals surface area contributed by atoms with Crippen molar-refractivity contribution in [2.24, 2.45) is 5.73 Å². The molecular weight excluding hydrogens is 298 g/mol. The van der Waals surface area contributed by atoms with Crippen molar-refractivity contribution in [1.29, 1.82) is 0 Å². The number of benzene rings is 1. The van der Waals surface area contributed by atoms with Gasteiger partial charge < -0.3 is 11.1 Å². The molecule has 6 heteroatoms. The number of hydrogen-bond acceptors (Lipinski definition) is 4. The van der Waals surface area contributed by atoms with Gasteiger partial charge in [0.05, 0.1) is 10.7 Å². The number of aryl methyl sites for hydroxylation is 2. The molecule has 0 spiro atoms. The first-order chi connectivity index (χ1) is 10.5. The number of amides is 2. The van der Waals surface area contributed by atoms with E-state index in [4.69, 9.17) is 5.73 Å². The van der Waals surface area contributed by atoms with E-state index in [1.807, 2.05) is 6.07 Å². The number of rotatable bonds is 6. The Labute approximate surface area is 133 Å². The Morgan fingerprint density at radius 3 is 2.59 bits per heavy atom. The van der Waals surface area contributed by atoms with Crippen LogP contribution < -0.4 is 11.1 Å².